The Morgan fingerprint density at radius 2 is 2.21 bits per heavy atom. The van der Waals surface area contributed by atoms with E-state index in [1.54, 1.807) is 18.2 Å². The van der Waals surface area contributed by atoms with Gasteiger partial charge in [-0.15, -0.1) is 0 Å². The minimum absolute atomic E-state index is 0.0732. The summed E-state index contributed by atoms with van der Waals surface area (Å²) < 4.78 is 0. The molecule has 2 amide bonds. The number of piperidine rings is 1. The van der Waals surface area contributed by atoms with Gasteiger partial charge < -0.3 is 10.6 Å². The molecule has 1 aliphatic rings. The maximum absolute atomic E-state index is 11.9. The largest absolute Gasteiger partial charge is 0.350 e. The fourth-order valence-corrected chi connectivity index (χ4v) is 2.45. The highest BCUT2D eigenvalue weighted by molar-refractivity contribution is 6.35. The van der Waals surface area contributed by atoms with Gasteiger partial charge in [0.2, 0.25) is 11.8 Å². The second kappa shape index (κ2) is 6.26. The Hall–Kier alpha value is -1.26. The van der Waals surface area contributed by atoms with Gasteiger partial charge in [-0.3, -0.25) is 9.59 Å². The molecule has 1 aromatic carbocycles. The van der Waals surface area contributed by atoms with E-state index in [1.165, 1.54) is 0 Å². The van der Waals surface area contributed by atoms with E-state index >= 15 is 0 Å². The molecule has 0 unspecified atom stereocenters. The number of rotatable bonds is 3. The zero-order valence-corrected chi connectivity index (χ0v) is 11.7. The van der Waals surface area contributed by atoms with Crippen molar-refractivity contribution in [2.75, 3.05) is 0 Å². The average molecular weight is 301 g/mol. The lowest BCUT2D eigenvalue weighted by atomic mass is 10.0. The topological polar surface area (TPSA) is 58.2 Å². The molecule has 2 N–H and O–H groups in total. The van der Waals surface area contributed by atoms with E-state index in [1.807, 2.05) is 0 Å². The van der Waals surface area contributed by atoms with Crippen molar-refractivity contribution in [1.82, 2.24) is 10.6 Å². The maximum atomic E-state index is 11.9. The third kappa shape index (κ3) is 3.85. The van der Waals surface area contributed by atoms with Crippen molar-refractivity contribution >= 4 is 35.0 Å². The second-order valence-electron chi connectivity index (χ2n) is 4.47. The Morgan fingerprint density at radius 3 is 2.89 bits per heavy atom. The highest BCUT2D eigenvalue weighted by Crippen LogP contribution is 2.20. The highest BCUT2D eigenvalue weighted by Gasteiger charge is 2.24. The summed E-state index contributed by atoms with van der Waals surface area (Å²) in [4.78, 5) is 23.1. The molecule has 1 fully saturated rings. The smallest absolute Gasteiger partial charge is 0.242 e. The van der Waals surface area contributed by atoms with Crippen molar-refractivity contribution in [2.24, 2.45) is 0 Å². The minimum atomic E-state index is -0.438. The molecule has 1 aliphatic heterocycles. The van der Waals surface area contributed by atoms with Crippen LogP contribution in [0, 0.1) is 0 Å². The van der Waals surface area contributed by atoms with Crippen LogP contribution >= 0.6 is 23.2 Å². The summed E-state index contributed by atoms with van der Waals surface area (Å²) in [5, 5.41) is 6.51. The number of hydrogen-bond acceptors (Lipinski definition) is 2. The van der Waals surface area contributed by atoms with Gasteiger partial charge in [-0.05, 0) is 30.5 Å². The molecule has 0 saturated carbocycles. The number of hydrogen-bond donors (Lipinski definition) is 2. The Morgan fingerprint density at radius 1 is 1.42 bits per heavy atom. The van der Waals surface area contributed by atoms with E-state index < -0.39 is 6.04 Å². The van der Waals surface area contributed by atoms with Crippen LogP contribution in [0.2, 0.25) is 10.0 Å². The van der Waals surface area contributed by atoms with Gasteiger partial charge in [-0.2, -0.15) is 0 Å². The van der Waals surface area contributed by atoms with E-state index in [0.717, 1.165) is 12.0 Å². The fraction of sp³-hybridized carbons (Fsp3) is 0.385. The van der Waals surface area contributed by atoms with E-state index in [4.69, 9.17) is 23.2 Å². The number of nitrogens with one attached hydrogen (secondary N) is 2. The first-order chi connectivity index (χ1) is 9.06. The Kier molecular flexibility index (Phi) is 4.66. The first-order valence-corrected chi connectivity index (χ1v) is 6.83. The number of carbonyl (C=O) groups excluding carboxylic acids is 2. The molecule has 1 heterocycles. The Balaban J connectivity index is 1.91. The molecule has 0 spiro atoms. The van der Waals surface area contributed by atoms with Crippen molar-refractivity contribution < 1.29 is 9.59 Å². The number of benzene rings is 1. The molecule has 19 heavy (non-hydrogen) atoms. The summed E-state index contributed by atoms with van der Waals surface area (Å²) >= 11 is 11.8. The van der Waals surface area contributed by atoms with Gasteiger partial charge in [-0.1, -0.05) is 29.3 Å². The maximum Gasteiger partial charge on any atom is 0.242 e. The van der Waals surface area contributed by atoms with Gasteiger partial charge in [-0.25, -0.2) is 0 Å². The summed E-state index contributed by atoms with van der Waals surface area (Å²) in [7, 11) is 0. The zero-order chi connectivity index (χ0) is 13.8. The Labute approximate surface area is 121 Å². The number of halogens is 2. The SMILES string of the molecule is O=C1CCC[C@H](C(=O)NCc2ccc(Cl)cc2Cl)N1. The van der Waals surface area contributed by atoms with Gasteiger partial charge in [0.25, 0.3) is 0 Å². The van der Waals surface area contributed by atoms with Crippen molar-refractivity contribution in [2.45, 2.75) is 31.8 Å². The molecule has 1 atom stereocenters. The van der Waals surface area contributed by atoms with Gasteiger partial charge in [0, 0.05) is 23.0 Å². The van der Waals surface area contributed by atoms with E-state index in [-0.39, 0.29) is 11.8 Å². The molecule has 1 aromatic rings. The molecular formula is C13H14Cl2N2O2. The molecule has 2 rings (SSSR count). The Bertz CT molecular complexity index is 505. The van der Waals surface area contributed by atoms with Crippen molar-refractivity contribution in [3.63, 3.8) is 0 Å². The molecule has 4 nitrogen and oxygen atoms in total. The normalized spacial score (nSPS) is 18.8. The predicted molar refractivity (Wildman–Crippen MR) is 74.1 cm³/mol. The lowest BCUT2D eigenvalue weighted by Crippen LogP contribution is -2.48. The molecule has 102 valence electrons. The number of amides is 2. The van der Waals surface area contributed by atoms with Crippen LogP contribution in [-0.2, 0) is 16.1 Å². The van der Waals surface area contributed by atoms with Crippen LogP contribution in [-0.4, -0.2) is 17.9 Å². The van der Waals surface area contributed by atoms with Crippen LogP contribution in [0.15, 0.2) is 18.2 Å². The molecule has 1 saturated heterocycles. The highest BCUT2D eigenvalue weighted by atomic mass is 35.5. The molecule has 0 aliphatic carbocycles. The van der Waals surface area contributed by atoms with Gasteiger partial charge in [0.05, 0.1) is 0 Å². The third-order valence-corrected chi connectivity index (χ3v) is 3.60. The van der Waals surface area contributed by atoms with Crippen LogP contribution in [0.4, 0.5) is 0 Å². The lowest BCUT2D eigenvalue weighted by molar-refractivity contribution is -0.131. The minimum Gasteiger partial charge on any atom is -0.350 e. The second-order valence-corrected chi connectivity index (χ2v) is 5.31. The van der Waals surface area contributed by atoms with Crippen molar-refractivity contribution in [3.8, 4) is 0 Å². The molecule has 6 heteroatoms. The molecule has 0 bridgehead atoms. The van der Waals surface area contributed by atoms with E-state index in [9.17, 15) is 9.59 Å². The molecular weight excluding hydrogens is 287 g/mol. The standard InChI is InChI=1S/C13H14Cl2N2O2/c14-9-5-4-8(10(15)6-9)7-16-13(19)11-2-1-3-12(18)17-11/h4-6,11H,1-3,7H2,(H,16,19)(H,17,18)/t11-/m1/s1. The quantitative estimate of drug-likeness (QED) is 0.900. The summed E-state index contributed by atoms with van der Waals surface area (Å²) in [5.41, 5.74) is 0.793. The van der Waals surface area contributed by atoms with Crippen molar-refractivity contribution in [3.05, 3.63) is 33.8 Å². The molecule has 0 radical (unpaired) electrons. The first kappa shape index (κ1) is 14.2. The third-order valence-electron chi connectivity index (χ3n) is 3.02. The van der Waals surface area contributed by atoms with Crippen LogP contribution in [0.3, 0.4) is 0 Å². The van der Waals surface area contributed by atoms with Crippen LogP contribution in [0.5, 0.6) is 0 Å². The van der Waals surface area contributed by atoms with Gasteiger partial charge in [0.1, 0.15) is 6.04 Å². The van der Waals surface area contributed by atoms with Crippen LogP contribution in [0.1, 0.15) is 24.8 Å². The van der Waals surface area contributed by atoms with Crippen LogP contribution < -0.4 is 10.6 Å². The van der Waals surface area contributed by atoms with Gasteiger partial charge >= 0.3 is 0 Å². The summed E-state index contributed by atoms with van der Waals surface area (Å²) in [5.74, 6) is -0.255. The average Bonchev–Trinajstić information content (AvgIpc) is 2.37. The lowest BCUT2D eigenvalue weighted by Gasteiger charge is -2.22. The van der Waals surface area contributed by atoms with E-state index in [0.29, 0.717) is 29.4 Å². The molecule has 0 aromatic heterocycles. The summed E-state index contributed by atoms with van der Waals surface area (Å²) in [6.07, 6.45) is 1.91. The fourth-order valence-electron chi connectivity index (χ4n) is 1.97. The summed E-state index contributed by atoms with van der Waals surface area (Å²) in [6, 6.07) is 4.68. The monoisotopic (exact) mass is 300 g/mol. The predicted octanol–water partition coefficient (Wildman–Crippen LogP) is 2.28. The number of carbonyl (C=O) groups is 2. The van der Waals surface area contributed by atoms with Gasteiger partial charge in [0.15, 0.2) is 0 Å². The zero-order valence-electron chi connectivity index (χ0n) is 10.2. The summed E-state index contributed by atoms with van der Waals surface area (Å²) in [6.45, 7) is 0.321. The van der Waals surface area contributed by atoms with Crippen LogP contribution in [0.25, 0.3) is 0 Å². The van der Waals surface area contributed by atoms with E-state index in [2.05, 4.69) is 10.6 Å². The van der Waals surface area contributed by atoms with Crippen molar-refractivity contribution in [1.29, 1.82) is 0 Å². The first-order valence-electron chi connectivity index (χ1n) is 6.07.